The maximum atomic E-state index is 5.03. The Bertz CT molecular complexity index is 680. The average Bonchev–Trinajstić information content (AvgIpc) is 3.15. The van der Waals surface area contributed by atoms with E-state index >= 15 is 0 Å². The fraction of sp³-hybridized carbons (Fsp3) is 0.939. The molecule has 0 aromatic carbocycles. The number of hydrogen-bond acceptors (Lipinski definition) is 1. The van der Waals surface area contributed by atoms with E-state index in [2.05, 4.69) is 62.0 Å². The molecule has 198 valence electrons. The third kappa shape index (κ3) is 4.95. The minimum atomic E-state index is 0.588. The Morgan fingerprint density at radius 3 is 2.26 bits per heavy atom. The van der Waals surface area contributed by atoms with Crippen LogP contribution in [0.25, 0.3) is 0 Å². The first-order valence-corrected chi connectivity index (χ1v) is 15.3. The van der Waals surface area contributed by atoms with Crippen molar-refractivity contribution in [1.82, 2.24) is 0 Å². The third-order valence-corrected chi connectivity index (χ3v) is 12.4. The van der Waals surface area contributed by atoms with Crippen LogP contribution in [0.3, 0.4) is 0 Å². The van der Waals surface area contributed by atoms with E-state index in [1.54, 1.807) is 0 Å². The zero-order valence-corrected chi connectivity index (χ0v) is 24.5. The molecule has 4 saturated carbocycles. The normalized spacial score (nSPS) is 46.4. The van der Waals surface area contributed by atoms with Gasteiger partial charge in [-0.3, -0.25) is 0 Å². The highest BCUT2D eigenvalue weighted by atomic mass is 14.7. The van der Waals surface area contributed by atoms with Crippen LogP contribution in [-0.4, -0.2) is 6.54 Å². The summed E-state index contributed by atoms with van der Waals surface area (Å²) in [6.07, 6.45) is 16.9. The second-order valence-corrected chi connectivity index (χ2v) is 14.4. The predicted molar refractivity (Wildman–Crippen MR) is 151 cm³/mol. The van der Waals surface area contributed by atoms with E-state index in [0.29, 0.717) is 16.2 Å². The van der Waals surface area contributed by atoms with E-state index in [4.69, 9.17) is 5.73 Å². The first-order valence-electron chi connectivity index (χ1n) is 15.3. The molecule has 9 unspecified atom stereocenters. The summed E-state index contributed by atoms with van der Waals surface area (Å²) in [5, 5.41) is 0. The van der Waals surface area contributed by atoms with Crippen molar-refractivity contribution in [3.8, 4) is 0 Å². The van der Waals surface area contributed by atoms with Gasteiger partial charge in [0.05, 0.1) is 0 Å². The second-order valence-electron chi connectivity index (χ2n) is 14.4. The summed E-state index contributed by atoms with van der Waals surface area (Å²) in [4.78, 5) is 0. The molecule has 0 spiro atoms. The van der Waals surface area contributed by atoms with Crippen LogP contribution >= 0.6 is 0 Å². The Morgan fingerprint density at radius 2 is 1.65 bits per heavy atom. The Morgan fingerprint density at radius 1 is 0.971 bits per heavy atom. The molecule has 0 aromatic heterocycles. The molecule has 0 bridgehead atoms. The molecule has 0 aromatic rings. The van der Waals surface area contributed by atoms with Gasteiger partial charge in [0.1, 0.15) is 0 Å². The van der Waals surface area contributed by atoms with Gasteiger partial charge in [-0.05, 0) is 135 Å². The van der Waals surface area contributed by atoms with Crippen molar-refractivity contribution >= 4 is 0 Å². The third-order valence-electron chi connectivity index (χ3n) is 12.4. The van der Waals surface area contributed by atoms with Gasteiger partial charge in [-0.15, -0.1) is 0 Å². The Balaban J connectivity index is 0.000000751. The fourth-order valence-electron chi connectivity index (χ4n) is 10.3. The zero-order chi connectivity index (χ0) is 25.3. The van der Waals surface area contributed by atoms with Gasteiger partial charge < -0.3 is 5.73 Å². The lowest BCUT2D eigenvalue weighted by molar-refractivity contribution is -0.182. The lowest BCUT2D eigenvalue weighted by Gasteiger charge is -2.67. The smallest absolute Gasteiger partial charge is 0.00799 e. The lowest BCUT2D eigenvalue weighted by atomic mass is 9.38. The SMILES string of the molecule is C=C(CC)CCC(C)C1CCC2C3C(CCC12C)C1(C)CCC(C)CC1(C)C[C@H]3C.CCCN. The van der Waals surface area contributed by atoms with Crippen molar-refractivity contribution in [3.05, 3.63) is 12.2 Å². The maximum Gasteiger partial charge on any atom is -0.00799 e. The topological polar surface area (TPSA) is 26.0 Å². The van der Waals surface area contributed by atoms with E-state index in [0.717, 1.165) is 60.8 Å². The van der Waals surface area contributed by atoms with Gasteiger partial charge in [0.2, 0.25) is 0 Å². The Labute approximate surface area is 214 Å². The van der Waals surface area contributed by atoms with Crippen LogP contribution < -0.4 is 5.73 Å². The molecule has 4 aliphatic carbocycles. The highest BCUT2D eigenvalue weighted by Gasteiger charge is 2.64. The summed E-state index contributed by atoms with van der Waals surface area (Å²) < 4.78 is 0. The first-order chi connectivity index (χ1) is 16.0. The number of hydrogen-bond donors (Lipinski definition) is 1. The van der Waals surface area contributed by atoms with E-state index < -0.39 is 0 Å². The second kappa shape index (κ2) is 11.0. The number of allylic oxidation sites excluding steroid dienone is 1. The quantitative estimate of drug-likeness (QED) is 0.383. The summed E-state index contributed by atoms with van der Waals surface area (Å²) in [6.45, 7) is 25.4. The molecule has 0 amide bonds. The minimum absolute atomic E-state index is 0.588. The van der Waals surface area contributed by atoms with Crippen LogP contribution in [0.4, 0.5) is 0 Å². The molecule has 2 N–H and O–H groups in total. The summed E-state index contributed by atoms with van der Waals surface area (Å²) in [6, 6.07) is 0. The van der Waals surface area contributed by atoms with Gasteiger partial charge in [-0.2, -0.15) is 0 Å². The molecule has 0 aliphatic heterocycles. The first kappa shape index (κ1) is 28.3. The van der Waals surface area contributed by atoms with Crippen molar-refractivity contribution in [2.24, 2.45) is 63.4 Å². The molecule has 34 heavy (non-hydrogen) atoms. The molecule has 4 fully saturated rings. The van der Waals surface area contributed by atoms with Crippen LogP contribution in [0.2, 0.25) is 0 Å². The highest BCUT2D eigenvalue weighted by molar-refractivity contribution is 5.14. The van der Waals surface area contributed by atoms with Crippen molar-refractivity contribution in [2.75, 3.05) is 6.54 Å². The van der Waals surface area contributed by atoms with Crippen LogP contribution in [0, 0.1) is 57.7 Å². The molecular weight excluding hydrogens is 410 g/mol. The molecule has 0 radical (unpaired) electrons. The highest BCUT2D eigenvalue weighted by Crippen LogP contribution is 2.72. The monoisotopic (exact) mass is 471 g/mol. The van der Waals surface area contributed by atoms with Crippen molar-refractivity contribution in [3.63, 3.8) is 0 Å². The largest absolute Gasteiger partial charge is 0.330 e. The molecule has 4 aliphatic rings. The lowest BCUT2D eigenvalue weighted by Crippen LogP contribution is -2.60. The maximum absolute atomic E-state index is 5.03. The summed E-state index contributed by atoms with van der Waals surface area (Å²) in [5.41, 5.74) is 8.28. The summed E-state index contributed by atoms with van der Waals surface area (Å²) in [7, 11) is 0. The number of nitrogens with two attached hydrogens (primary N) is 1. The van der Waals surface area contributed by atoms with Crippen LogP contribution in [0.5, 0.6) is 0 Å². The average molecular weight is 472 g/mol. The minimum Gasteiger partial charge on any atom is -0.330 e. The Hall–Kier alpha value is -0.300. The van der Waals surface area contributed by atoms with E-state index in [1.165, 1.54) is 69.8 Å². The number of fused-ring (bicyclic) bond motifs is 5. The summed E-state index contributed by atoms with van der Waals surface area (Å²) in [5.74, 6) is 6.67. The van der Waals surface area contributed by atoms with Gasteiger partial charge in [0, 0.05) is 0 Å². The summed E-state index contributed by atoms with van der Waals surface area (Å²) >= 11 is 0. The van der Waals surface area contributed by atoms with Gasteiger partial charge in [-0.25, -0.2) is 0 Å². The van der Waals surface area contributed by atoms with Gasteiger partial charge in [-0.1, -0.05) is 74.0 Å². The van der Waals surface area contributed by atoms with Gasteiger partial charge >= 0.3 is 0 Å². The molecule has 4 rings (SSSR count). The predicted octanol–water partition coefficient (Wildman–Crippen LogP) is 9.66. The molecule has 1 nitrogen and oxygen atoms in total. The van der Waals surface area contributed by atoms with E-state index in [9.17, 15) is 0 Å². The van der Waals surface area contributed by atoms with Crippen molar-refractivity contribution in [2.45, 2.75) is 132 Å². The zero-order valence-electron chi connectivity index (χ0n) is 24.5. The van der Waals surface area contributed by atoms with Crippen LogP contribution in [0.1, 0.15) is 132 Å². The molecule has 10 atom stereocenters. The molecule has 0 heterocycles. The van der Waals surface area contributed by atoms with Crippen molar-refractivity contribution in [1.29, 1.82) is 0 Å². The molecular formula is C33H61N. The van der Waals surface area contributed by atoms with Gasteiger partial charge in [0.15, 0.2) is 0 Å². The molecule has 1 heteroatoms. The molecule has 0 saturated heterocycles. The number of rotatable bonds is 6. The van der Waals surface area contributed by atoms with Crippen molar-refractivity contribution < 1.29 is 0 Å². The standard InChI is InChI=1S/C30H52.C3H9N/c1-9-20(2)10-11-22(4)24-12-13-25-27-23(5)19-28(6)18-21(3)14-17-30(28,8)26(27)15-16-29(24,25)7;1-2-3-4/h21-27H,2,9-19H2,1,3-8H3;2-4H2,1H3/t21?,22?,23-,24?,25?,26?,27?,28?,29?,30?;/m1./s1. The van der Waals surface area contributed by atoms with Gasteiger partial charge in [0.25, 0.3) is 0 Å². The van der Waals surface area contributed by atoms with E-state index in [1.807, 2.05) is 0 Å². The Kier molecular flexibility index (Phi) is 9.13. The van der Waals surface area contributed by atoms with Crippen LogP contribution in [-0.2, 0) is 0 Å². The fourth-order valence-corrected chi connectivity index (χ4v) is 10.3. The van der Waals surface area contributed by atoms with Crippen LogP contribution in [0.15, 0.2) is 12.2 Å². The van der Waals surface area contributed by atoms with E-state index in [-0.39, 0.29) is 0 Å².